The number of carbonyl (C=O) groups is 1. The third kappa shape index (κ3) is 4.53. The highest BCUT2D eigenvalue weighted by molar-refractivity contribution is 7.99. The lowest BCUT2D eigenvalue weighted by Crippen LogP contribution is -2.15. The molecule has 0 saturated carbocycles. The number of halogens is 3. The molecule has 0 aliphatic rings. The van der Waals surface area contributed by atoms with Crippen LogP contribution in [0, 0.1) is 0 Å². The van der Waals surface area contributed by atoms with Gasteiger partial charge >= 0.3 is 0 Å². The molecule has 0 unspecified atom stereocenters. The summed E-state index contributed by atoms with van der Waals surface area (Å²) in [5, 5.41) is 12.7. The zero-order chi connectivity index (χ0) is 17.0. The first kappa shape index (κ1) is 18.4. The molecule has 1 heterocycles. The first-order chi connectivity index (χ1) is 11.0. The summed E-state index contributed by atoms with van der Waals surface area (Å²) in [6, 6.07) is 3.02. The molecule has 2 rings (SSSR count). The number of hydrogen-bond acceptors (Lipinski definition) is 4. The van der Waals surface area contributed by atoms with Gasteiger partial charge in [0.25, 0.3) is 0 Å². The molecule has 0 saturated heterocycles. The number of hydrogen-bond donors (Lipinski definition) is 1. The molecule has 0 bridgehead atoms. The Morgan fingerprint density at radius 1 is 1.17 bits per heavy atom. The molecule has 124 valence electrons. The van der Waals surface area contributed by atoms with Gasteiger partial charge in [0.05, 0.1) is 26.5 Å². The van der Waals surface area contributed by atoms with Crippen molar-refractivity contribution in [3.05, 3.63) is 33.0 Å². The molecule has 1 aromatic carbocycles. The third-order valence-electron chi connectivity index (χ3n) is 3.04. The second kappa shape index (κ2) is 8.24. The molecule has 2 aromatic rings. The number of aromatic nitrogens is 3. The van der Waals surface area contributed by atoms with Gasteiger partial charge < -0.3 is 9.88 Å². The predicted octanol–water partition coefficient (Wildman–Crippen LogP) is 4.55. The Balaban J connectivity index is 2.01. The average Bonchev–Trinajstić information content (AvgIpc) is 2.92. The Bertz CT molecular complexity index is 720. The minimum Gasteiger partial charge on any atom is -0.324 e. The van der Waals surface area contributed by atoms with E-state index in [1.165, 1.54) is 23.9 Å². The highest BCUT2D eigenvalue weighted by atomic mass is 35.5. The number of rotatable bonds is 6. The molecule has 0 atom stereocenters. The van der Waals surface area contributed by atoms with Gasteiger partial charge in [0, 0.05) is 13.0 Å². The summed E-state index contributed by atoms with van der Waals surface area (Å²) in [7, 11) is 0. The Morgan fingerprint density at radius 2 is 1.87 bits per heavy atom. The molecule has 0 radical (unpaired) electrons. The lowest BCUT2D eigenvalue weighted by atomic mass is 10.3. The van der Waals surface area contributed by atoms with Gasteiger partial charge in [0.15, 0.2) is 5.16 Å². The summed E-state index contributed by atoms with van der Waals surface area (Å²) >= 11 is 19.2. The van der Waals surface area contributed by atoms with Crippen LogP contribution in [0.15, 0.2) is 17.3 Å². The summed E-state index contributed by atoms with van der Waals surface area (Å²) in [5.41, 5.74) is 0.429. The normalized spacial score (nSPS) is 10.8. The molecular formula is C14H15Cl3N4OS. The topological polar surface area (TPSA) is 59.8 Å². The van der Waals surface area contributed by atoms with Crippen LogP contribution in [0.4, 0.5) is 5.69 Å². The van der Waals surface area contributed by atoms with Crippen LogP contribution in [0.2, 0.25) is 15.1 Å². The van der Waals surface area contributed by atoms with Crippen molar-refractivity contribution in [3.63, 3.8) is 0 Å². The Kier molecular flexibility index (Phi) is 6.59. The minimum absolute atomic E-state index is 0.193. The van der Waals surface area contributed by atoms with Crippen molar-refractivity contribution < 1.29 is 4.79 Å². The predicted molar refractivity (Wildman–Crippen MR) is 95.9 cm³/mol. The maximum Gasteiger partial charge on any atom is 0.234 e. The molecule has 0 spiro atoms. The Labute approximate surface area is 153 Å². The lowest BCUT2D eigenvalue weighted by molar-refractivity contribution is -0.113. The smallest absolute Gasteiger partial charge is 0.234 e. The van der Waals surface area contributed by atoms with Crippen molar-refractivity contribution >= 4 is 58.2 Å². The monoisotopic (exact) mass is 392 g/mol. The molecule has 1 aromatic heterocycles. The van der Waals surface area contributed by atoms with E-state index in [0.29, 0.717) is 20.8 Å². The van der Waals surface area contributed by atoms with E-state index in [9.17, 15) is 4.79 Å². The summed E-state index contributed by atoms with van der Waals surface area (Å²) in [4.78, 5) is 12.1. The number of nitrogens with one attached hydrogen (secondary N) is 1. The van der Waals surface area contributed by atoms with Crippen LogP contribution in [0.3, 0.4) is 0 Å². The SMILES string of the molecule is CCc1nnc(SCC(=O)Nc2cc(Cl)c(Cl)cc2Cl)n1CC. The van der Waals surface area contributed by atoms with Crippen molar-refractivity contribution in [2.75, 3.05) is 11.1 Å². The van der Waals surface area contributed by atoms with Gasteiger partial charge in [-0.1, -0.05) is 53.5 Å². The van der Waals surface area contributed by atoms with Gasteiger partial charge in [-0.3, -0.25) is 4.79 Å². The summed E-state index contributed by atoms with van der Waals surface area (Å²) in [5.74, 6) is 0.889. The summed E-state index contributed by atoms with van der Waals surface area (Å²) < 4.78 is 1.99. The standard InChI is InChI=1S/C14H15Cl3N4OS/c1-3-12-19-20-14(21(12)4-2)23-7-13(22)18-11-6-9(16)8(15)5-10(11)17/h5-6H,3-4,7H2,1-2H3,(H,18,22). The van der Waals surface area contributed by atoms with Gasteiger partial charge in [-0.05, 0) is 19.1 Å². The quantitative estimate of drug-likeness (QED) is 0.577. The van der Waals surface area contributed by atoms with E-state index in [-0.39, 0.29) is 11.7 Å². The van der Waals surface area contributed by atoms with Crippen molar-refractivity contribution in [3.8, 4) is 0 Å². The Hall–Kier alpha value is -0.950. The highest BCUT2D eigenvalue weighted by Gasteiger charge is 2.13. The third-order valence-corrected chi connectivity index (χ3v) is 5.04. The molecule has 23 heavy (non-hydrogen) atoms. The fourth-order valence-electron chi connectivity index (χ4n) is 1.94. The molecule has 0 aliphatic heterocycles. The average molecular weight is 394 g/mol. The van der Waals surface area contributed by atoms with Crippen LogP contribution < -0.4 is 5.32 Å². The zero-order valence-electron chi connectivity index (χ0n) is 12.6. The first-order valence-corrected chi connectivity index (χ1v) is 9.07. The molecule has 9 heteroatoms. The van der Waals surface area contributed by atoms with Crippen molar-refractivity contribution in [1.29, 1.82) is 0 Å². The molecule has 5 nitrogen and oxygen atoms in total. The van der Waals surface area contributed by atoms with Gasteiger partial charge in [-0.25, -0.2) is 0 Å². The van der Waals surface area contributed by atoms with Crippen LogP contribution in [0.5, 0.6) is 0 Å². The van der Waals surface area contributed by atoms with Crippen LogP contribution in [0.25, 0.3) is 0 Å². The van der Waals surface area contributed by atoms with Crippen LogP contribution in [-0.4, -0.2) is 26.4 Å². The van der Waals surface area contributed by atoms with Gasteiger partial charge in [0.2, 0.25) is 5.91 Å². The van der Waals surface area contributed by atoms with E-state index in [2.05, 4.69) is 15.5 Å². The summed E-state index contributed by atoms with van der Waals surface area (Å²) in [6.07, 6.45) is 0.798. The first-order valence-electron chi connectivity index (χ1n) is 6.95. The molecule has 0 fully saturated rings. The van der Waals surface area contributed by atoms with E-state index in [1.54, 1.807) is 0 Å². The number of aryl methyl sites for hydroxylation is 1. The van der Waals surface area contributed by atoms with Crippen LogP contribution in [-0.2, 0) is 17.8 Å². The van der Waals surface area contributed by atoms with E-state index in [4.69, 9.17) is 34.8 Å². The Morgan fingerprint density at radius 3 is 2.52 bits per heavy atom. The number of amides is 1. The van der Waals surface area contributed by atoms with E-state index < -0.39 is 0 Å². The largest absolute Gasteiger partial charge is 0.324 e. The number of anilines is 1. The lowest BCUT2D eigenvalue weighted by Gasteiger charge is -2.09. The van der Waals surface area contributed by atoms with Crippen molar-refractivity contribution in [1.82, 2.24) is 14.8 Å². The number of carbonyl (C=O) groups excluding carboxylic acids is 1. The summed E-state index contributed by atoms with van der Waals surface area (Å²) in [6.45, 7) is 4.80. The van der Waals surface area contributed by atoms with E-state index in [1.807, 2.05) is 18.4 Å². The van der Waals surface area contributed by atoms with Crippen molar-refractivity contribution in [2.24, 2.45) is 0 Å². The van der Waals surface area contributed by atoms with Gasteiger partial charge in [-0.15, -0.1) is 10.2 Å². The fourth-order valence-corrected chi connectivity index (χ4v) is 3.36. The van der Waals surface area contributed by atoms with Crippen molar-refractivity contribution in [2.45, 2.75) is 32.0 Å². The second-order valence-electron chi connectivity index (χ2n) is 4.58. The van der Waals surface area contributed by atoms with E-state index >= 15 is 0 Å². The number of benzene rings is 1. The maximum absolute atomic E-state index is 12.1. The van der Waals surface area contributed by atoms with E-state index in [0.717, 1.165) is 23.9 Å². The van der Waals surface area contributed by atoms with Crippen LogP contribution in [0.1, 0.15) is 19.7 Å². The minimum atomic E-state index is -0.209. The van der Waals surface area contributed by atoms with Gasteiger partial charge in [-0.2, -0.15) is 0 Å². The number of thioether (sulfide) groups is 1. The molecule has 1 amide bonds. The molecular weight excluding hydrogens is 379 g/mol. The fraction of sp³-hybridized carbons (Fsp3) is 0.357. The van der Waals surface area contributed by atoms with Crippen LogP contribution >= 0.6 is 46.6 Å². The zero-order valence-corrected chi connectivity index (χ0v) is 15.7. The maximum atomic E-state index is 12.1. The van der Waals surface area contributed by atoms with Gasteiger partial charge in [0.1, 0.15) is 5.82 Å². The molecule has 1 N–H and O–H groups in total. The second-order valence-corrected chi connectivity index (χ2v) is 6.74. The number of nitrogens with zero attached hydrogens (tertiary/aromatic N) is 3. The molecule has 0 aliphatic carbocycles. The highest BCUT2D eigenvalue weighted by Crippen LogP contribution is 2.32.